The zero-order chi connectivity index (χ0) is 16.3. The van der Waals surface area contributed by atoms with E-state index >= 15 is 0 Å². The fraction of sp³-hybridized carbons (Fsp3) is 0.533. The third-order valence-electron chi connectivity index (χ3n) is 3.61. The van der Waals surface area contributed by atoms with Crippen LogP contribution in [-0.2, 0) is 10.0 Å². The first-order valence-corrected chi connectivity index (χ1v) is 10.0. The Morgan fingerprint density at radius 3 is 2.50 bits per heavy atom. The van der Waals surface area contributed by atoms with Gasteiger partial charge in [-0.1, -0.05) is 0 Å². The van der Waals surface area contributed by atoms with Crippen molar-refractivity contribution in [2.45, 2.75) is 36.5 Å². The first kappa shape index (κ1) is 17.3. The van der Waals surface area contributed by atoms with E-state index in [9.17, 15) is 13.2 Å². The Balaban J connectivity index is 2.04. The van der Waals surface area contributed by atoms with Crippen LogP contribution in [-0.4, -0.2) is 49.9 Å². The quantitative estimate of drug-likeness (QED) is 0.831. The molecule has 1 aliphatic rings. The highest BCUT2D eigenvalue weighted by atomic mass is 32.2. The van der Waals surface area contributed by atoms with Crippen LogP contribution < -0.4 is 4.72 Å². The lowest BCUT2D eigenvalue weighted by Crippen LogP contribution is -2.40. The predicted octanol–water partition coefficient (Wildman–Crippen LogP) is 1.95. The van der Waals surface area contributed by atoms with Gasteiger partial charge < -0.3 is 4.90 Å². The number of thioether (sulfide) groups is 1. The minimum absolute atomic E-state index is 0.102. The van der Waals surface area contributed by atoms with Gasteiger partial charge in [-0.3, -0.25) is 4.79 Å². The molecule has 1 aromatic carbocycles. The summed E-state index contributed by atoms with van der Waals surface area (Å²) in [5.41, 5.74) is 0.604. The molecule has 0 aliphatic carbocycles. The second kappa shape index (κ2) is 7.02. The van der Waals surface area contributed by atoms with E-state index in [2.05, 4.69) is 4.72 Å². The van der Waals surface area contributed by atoms with Gasteiger partial charge in [0.1, 0.15) is 0 Å². The van der Waals surface area contributed by atoms with E-state index in [1.54, 1.807) is 42.6 Å². The fourth-order valence-corrected chi connectivity index (χ4v) is 4.56. The van der Waals surface area contributed by atoms with Gasteiger partial charge >= 0.3 is 0 Å². The Labute approximate surface area is 136 Å². The van der Waals surface area contributed by atoms with Gasteiger partial charge in [-0.25, -0.2) is 13.1 Å². The third-order valence-corrected chi connectivity index (χ3v) is 6.41. The highest BCUT2D eigenvalue weighted by molar-refractivity contribution is 7.98. The van der Waals surface area contributed by atoms with Gasteiger partial charge in [0.05, 0.1) is 5.25 Å². The minimum Gasteiger partial charge on any atom is -0.337 e. The van der Waals surface area contributed by atoms with Crippen molar-refractivity contribution in [1.29, 1.82) is 0 Å². The molecule has 0 bridgehead atoms. The molecule has 7 heteroatoms. The molecule has 5 nitrogen and oxygen atoms in total. The van der Waals surface area contributed by atoms with E-state index in [0.29, 0.717) is 18.5 Å². The van der Waals surface area contributed by atoms with E-state index in [-0.39, 0.29) is 18.5 Å². The number of carbonyl (C=O) groups excluding carboxylic acids is 1. The number of hydrogen-bond donors (Lipinski definition) is 1. The Morgan fingerprint density at radius 1 is 1.32 bits per heavy atom. The number of carbonyl (C=O) groups is 1. The molecular weight excluding hydrogens is 320 g/mol. The lowest BCUT2D eigenvalue weighted by atomic mass is 10.2. The van der Waals surface area contributed by atoms with Crippen LogP contribution in [0.4, 0.5) is 0 Å². The molecule has 0 radical (unpaired) electrons. The molecule has 122 valence electrons. The summed E-state index contributed by atoms with van der Waals surface area (Å²) >= 11 is 1.62. The molecule has 1 heterocycles. The van der Waals surface area contributed by atoms with Crippen molar-refractivity contribution in [3.05, 3.63) is 29.8 Å². The van der Waals surface area contributed by atoms with Crippen molar-refractivity contribution in [2.75, 3.05) is 19.3 Å². The first-order valence-electron chi connectivity index (χ1n) is 7.28. The van der Waals surface area contributed by atoms with Crippen molar-refractivity contribution < 1.29 is 13.2 Å². The zero-order valence-electron chi connectivity index (χ0n) is 13.1. The summed E-state index contributed by atoms with van der Waals surface area (Å²) in [5, 5.41) is -0.524. The van der Waals surface area contributed by atoms with Crippen molar-refractivity contribution in [2.24, 2.45) is 0 Å². The summed E-state index contributed by atoms with van der Waals surface area (Å²) in [6.07, 6.45) is 2.46. The van der Waals surface area contributed by atoms with Crippen LogP contribution in [0.2, 0.25) is 0 Å². The average molecular weight is 342 g/mol. The van der Waals surface area contributed by atoms with Gasteiger partial charge in [0.2, 0.25) is 10.0 Å². The zero-order valence-corrected chi connectivity index (χ0v) is 14.7. The van der Waals surface area contributed by atoms with E-state index in [1.165, 1.54) is 0 Å². The Morgan fingerprint density at radius 2 is 1.95 bits per heavy atom. The molecule has 2 rings (SSSR count). The highest BCUT2D eigenvalue weighted by Gasteiger charge is 2.35. The molecule has 0 spiro atoms. The van der Waals surface area contributed by atoms with Gasteiger partial charge in [0.25, 0.3) is 5.91 Å². The minimum atomic E-state index is -3.37. The number of nitrogens with zero attached hydrogens (tertiary/aromatic N) is 1. The SMILES string of the molecule is CSc1ccc(C(=O)N2CC[C@H](S(=O)(=O)NC(C)C)C2)cc1. The fourth-order valence-electron chi connectivity index (χ4n) is 2.51. The molecule has 22 heavy (non-hydrogen) atoms. The molecule has 1 N–H and O–H groups in total. The summed E-state index contributed by atoms with van der Waals surface area (Å²) in [4.78, 5) is 15.2. The van der Waals surface area contributed by atoms with Gasteiger partial charge in [0, 0.05) is 29.6 Å². The molecule has 1 saturated heterocycles. The van der Waals surface area contributed by atoms with Crippen LogP contribution >= 0.6 is 11.8 Å². The topological polar surface area (TPSA) is 66.5 Å². The van der Waals surface area contributed by atoms with Gasteiger partial charge in [-0.15, -0.1) is 11.8 Å². The summed E-state index contributed by atoms with van der Waals surface area (Å²) < 4.78 is 27.0. The largest absolute Gasteiger partial charge is 0.337 e. The van der Waals surface area contributed by atoms with Crippen LogP contribution in [0.3, 0.4) is 0 Å². The number of amides is 1. The maximum Gasteiger partial charge on any atom is 0.253 e. The molecule has 1 amide bonds. The summed E-state index contributed by atoms with van der Waals surface area (Å²) in [7, 11) is -3.37. The van der Waals surface area contributed by atoms with Crippen LogP contribution in [0.1, 0.15) is 30.6 Å². The molecule has 0 aromatic heterocycles. The van der Waals surface area contributed by atoms with E-state index in [4.69, 9.17) is 0 Å². The van der Waals surface area contributed by atoms with Gasteiger partial charge in [0.15, 0.2) is 0 Å². The second-order valence-electron chi connectivity index (χ2n) is 5.71. The first-order chi connectivity index (χ1) is 10.3. The van der Waals surface area contributed by atoms with Crippen molar-refractivity contribution in [3.63, 3.8) is 0 Å². The monoisotopic (exact) mass is 342 g/mol. The van der Waals surface area contributed by atoms with Gasteiger partial charge in [-0.2, -0.15) is 0 Å². The molecule has 1 atom stereocenters. The maximum absolute atomic E-state index is 12.4. The standard InChI is InChI=1S/C15H22N2O3S2/c1-11(2)16-22(19,20)14-8-9-17(10-14)15(18)12-4-6-13(21-3)7-5-12/h4-7,11,14,16H,8-10H2,1-3H3/t14-/m0/s1. The normalized spacial score (nSPS) is 18.9. The molecule has 1 aromatic rings. The molecule has 1 aliphatic heterocycles. The number of nitrogens with one attached hydrogen (secondary N) is 1. The van der Waals surface area contributed by atoms with E-state index < -0.39 is 15.3 Å². The molecule has 1 fully saturated rings. The third kappa shape index (κ3) is 4.02. The summed E-state index contributed by atoms with van der Waals surface area (Å²) in [6.45, 7) is 4.32. The van der Waals surface area contributed by atoms with Crippen LogP contribution in [0, 0.1) is 0 Å². The van der Waals surface area contributed by atoms with Crippen molar-refractivity contribution in [3.8, 4) is 0 Å². The van der Waals surface area contributed by atoms with E-state index in [1.807, 2.05) is 18.4 Å². The number of benzene rings is 1. The second-order valence-corrected chi connectivity index (χ2v) is 8.58. The van der Waals surface area contributed by atoms with Gasteiger partial charge in [-0.05, 0) is 50.8 Å². The van der Waals surface area contributed by atoms with Crippen molar-refractivity contribution in [1.82, 2.24) is 9.62 Å². The molecular formula is C15H22N2O3S2. The Kier molecular flexibility index (Phi) is 5.52. The van der Waals surface area contributed by atoms with Crippen LogP contribution in [0.25, 0.3) is 0 Å². The summed E-state index contributed by atoms with van der Waals surface area (Å²) in [6, 6.07) is 7.27. The molecule has 0 unspecified atom stereocenters. The van der Waals surface area contributed by atoms with Crippen LogP contribution in [0.15, 0.2) is 29.2 Å². The lowest BCUT2D eigenvalue weighted by Gasteiger charge is -2.18. The Hall–Kier alpha value is -1.05. The number of likely N-dealkylation sites (tertiary alicyclic amines) is 1. The Bertz CT molecular complexity index is 627. The van der Waals surface area contributed by atoms with E-state index in [0.717, 1.165) is 4.90 Å². The number of sulfonamides is 1. The smallest absolute Gasteiger partial charge is 0.253 e. The number of rotatable bonds is 5. The predicted molar refractivity (Wildman–Crippen MR) is 89.7 cm³/mol. The van der Waals surface area contributed by atoms with Crippen LogP contribution in [0.5, 0.6) is 0 Å². The molecule has 0 saturated carbocycles. The highest BCUT2D eigenvalue weighted by Crippen LogP contribution is 2.20. The average Bonchev–Trinajstić information content (AvgIpc) is 2.96. The number of hydrogen-bond acceptors (Lipinski definition) is 4. The summed E-state index contributed by atoms with van der Waals surface area (Å²) in [5.74, 6) is -0.102. The van der Waals surface area contributed by atoms with Crippen molar-refractivity contribution >= 4 is 27.7 Å². The lowest BCUT2D eigenvalue weighted by molar-refractivity contribution is 0.0793. The maximum atomic E-state index is 12.4.